The van der Waals surface area contributed by atoms with Gasteiger partial charge in [0.05, 0.1) is 12.3 Å². The van der Waals surface area contributed by atoms with Crippen molar-refractivity contribution in [2.24, 2.45) is 0 Å². The molecule has 23 heavy (non-hydrogen) atoms. The van der Waals surface area contributed by atoms with Crippen LogP contribution >= 0.6 is 0 Å². The number of nitrogens with one attached hydrogen (secondary N) is 1. The standard InChI is InChI=1S/C16H21N5O2/c1-12(14-4-3-11-23-14)18-16(22)21-9-7-20(8-10-21)15-5-6-17-13(2)19-15/h3-6,11-12H,7-10H2,1-2H3,(H,18,22)/t12-/m0/s1. The van der Waals surface area contributed by atoms with Crippen LogP contribution in [0.3, 0.4) is 0 Å². The molecule has 0 aliphatic carbocycles. The van der Waals surface area contributed by atoms with E-state index < -0.39 is 0 Å². The number of hydrogen-bond acceptors (Lipinski definition) is 5. The number of carbonyl (C=O) groups is 1. The number of carbonyl (C=O) groups excluding carboxylic acids is 1. The van der Waals surface area contributed by atoms with Crippen LogP contribution in [0.5, 0.6) is 0 Å². The van der Waals surface area contributed by atoms with Crippen molar-refractivity contribution in [2.75, 3.05) is 31.1 Å². The number of anilines is 1. The van der Waals surface area contributed by atoms with E-state index in [2.05, 4.69) is 20.2 Å². The molecule has 0 radical (unpaired) electrons. The molecule has 1 fully saturated rings. The molecule has 7 heteroatoms. The Morgan fingerprint density at radius 3 is 2.74 bits per heavy atom. The third-order valence-electron chi connectivity index (χ3n) is 3.96. The average Bonchev–Trinajstić information content (AvgIpc) is 3.09. The molecule has 7 nitrogen and oxygen atoms in total. The summed E-state index contributed by atoms with van der Waals surface area (Å²) in [5.41, 5.74) is 0. The lowest BCUT2D eigenvalue weighted by atomic mass is 10.2. The van der Waals surface area contributed by atoms with E-state index in [0.717, 1.165) is 30.5 Å². The Balaban J connectivity index is 1.53. The van der Waals surface area contributed by atoms with Gasteiger partial charge in [-0.3, -0.25) is 0 Å². The van der Waals surface area contributed by atoms with Crippen molar-refractivity contribution in [1.82, 2.24) is 20.2 Å². The van der Waals surface area contributed by atoms with Crippen LogP contribution in [0.25, 0.3) is 0 Å². The Morgan fingerprint density at radius 1 is 1.30 bits per heavy atom. The quantitative estimate of drug-likeness (QED) is 0.937. The van der Waals surface area contributed by atoms with E-state index >= 15 is 0 Å². The van der Waals surface area contributed by atoms with E-state index in [1.807, 2.05) is 36.9 Å². The zero-order valence-electron chi connectivity index (χ0n) is 13.4. The number of piperazine rings is 1. The molecule has 0 bridgehead atoms. The lowest BCUT2D eigenvalue weighted by Crippen LogP contribution is -2.52. The first kappa shape index (κ1) is 15.3. The van der Waals surface area contributed by atoms with Gasteiger partial charge in [0.1, 0.15) is 17.4 Å². The number of furan rings is 1. The molecule has 3 rings (SSSR count). The summed E-state index contributed by atoms with van der Waals surface area (Å²) in [7, 11) is 0. The van der Waals surface area contributed by atoms with Gasteiger partial charge >= 0.3 is 6.03 Å². The fourth-order valence-electron chi connectivity index (χ4n) is 2.64. The van der Waals surface area contributed by atoms with Gasteiger partial charge in [0.2, 0.25) is 0 Å². The lowest BCUT2D eigenvalue weighted by molar-refractivity contribution is 0.189. The molecule has 1 aliphatic rings. The topological polar surface area (TPSA) is 74.5 Å². The van der Waals surface area contributed by atoms with Crippen molar-refractivity contribution in [3.63, 3.8) is 0 Å². The molecule has 2 aromatic heterocycles. The number of amides is 2. The first-order valence-corrected chi connectivity index (χ1v) is 7.77. The normalized spacial score (nSPS) is 16.3. The van der Waals surface area contributed by atoms with E-state index in [0.29, 0.717) is 13.1 Å². The fourth-order valence-corrected chi connectivity index (χ4v) is 2.64. The zero-order valence-corrected chi connectivity index (χ0v) is 13.4. The monoisotopic (exact) mass is 315 g/mol. The molecule has 122 valence electrons. The summed E-state index contributed by atoms with van der Waals surface area (Å²) in [6, 6.07) is 5.38. The molecule has 1 saturated heterocycles. The van der Waals surface area contributed by atoms with Crippen LogP contribution < -0.4 is 10.2 Å². The van der Waals surface area contributed by atoms with Crippen LogP contribution in [0.15, 0.2) is 35.1 Å². The van der Waals surface area contributed by atoms with Crippen LogP contribution in [0.4, 0.5) is 10.6 Å². The van der Waals surface area contributed by atoms with Crippen molar-refractivity contribution in [3.05, 3.63) is 42.2 Å². The number of rotatable bonds is 3. The molecule has 0 unspecified atom stereocenters. The first-order valence-electron chi connectivity index (χ1n) is 7.77. The summed E-state index contributed by atoms with van der Waals surface area (Å²) in [4.78, 5) is 24.9. The minimum Gasteiger partial charge on any atom is -0.467 e. The molecule has 0 spiro atoms. The molecular formula is C16H21N5O2. The van der Waals surface area contributed by atoms with Gasteiger partial charge in [0, 0.05) is 32.4 Å². The summed E-state index contributed by atoms with van der Waals surface area (Å²) in [6.45, 7) is 6.65. The van der Waals surface area contributed by atoms with Crippen LogP contribution in [-0.2, 0) is 0 Å². The maximum absolute atomic E-state index is 12.3. The SMILES string of the molecule is Cc1nccc(N2CCN(C(=O)N[C@@H](C)c3ccco3)CC2)n1. The summed E-state index contributed by atoms with van der Waals surface area (Å²) in [5.74, 6) is 2.44. The van der Waals surface area contributed by atoms with Gasteiger partial charge in [-0.05, 0) is 32.0 Å². The molecule has 2 amide bonds. The van der Waals surface area contributed by atoms with E-state index in [1.54, 1.807) is 12.5 Å². The highest BCUT2D eigenvalue weighted by Crippen LogP contribution is 2.15. The molecular weight excluding hydrogens is 294 g/mol. The summed E-state index contributed by atoms with van der Waals surface area (Å²) in [5, 5.41) is 2.96. The van der Waals surface area contributed by atoms with E-state index in [4.69, 9.17) is 4.42 Å². The van der Waals surface area contributed by atoms with Gasteiger partial charge in [-0.25, -0.2) is 14.8 Å². The molecule has 1 atom stereocenters. The first-order chi connectivity index (χ1) is 11.1. The predicted molar refractivity (Wildman–Crippen MR) is 86.2 cm³/mol. The maximum Gasteiger partial charge on any atom is 0.318 e. The van der Waals surface area contributed by atoms with Gasteiger partial charge in [-0.15, -0.1) is 0 Å². The second-order valence-corrected chi connectivity index (χ2v) is 5.62. The average molecular weight is 315 g/mol. The van der Waals surface area contributed by atoms with Gasteiger partial charge < -0.3 is 19.5 Å². The van der Waals surface area contributed by atoms with Gasteiger partial charge in [0.25, 0.3) is 0 Å². The number of aryl methyl sites for hydroxylation is 1. The molecule has 1 N–H and O–H groups in total. The highest BCUT2D eigenvalue weighted by atomic mass is 16.3. The second kappa shape index (κ2) is 6.68. The number of hydrogen-bond donors (Lipinski definition) is 1. The Kier molecular flexibility index (Phi) is 4.45. The Hall–Kier alpha value is -2.57. The summed E-state index contributed by atoms with van der Waals surface area (Å²) in [6.07, 6.45) is 3.38. The van der Waals surface area contributed by atoms with E-state index in [9.17, 15) is 4.79 Å². The predicted octanol–water partition coefficient (Wildman–Crippen LogP) is 1.97. The summed E-state index contributed by atoms with van der Waals surface area (Å²) >= 11 is 0. The largest absolute Gasteiger partial charge is 0.467 e. The number of urea groups is 1. The van der Waals surface area contributed by atoms with E-state index in [-0.39, 0.29) is 12.1 Å². The summed E-state index contributed by atoms with van der Waals surface area (Å²) < 4.78 is 5.31. The van der Waals surface area contributed by atoms with Crippen molar-refractivity contribution in [1.29, 1.82) is 0 Å². The zero-order chi connectivity index (χ0) is 16.2. The van der Waals surface area contributed by atoms with E-state index in [1.165, 1.54) is 0 Å². The van der Waals surface area contributed by atoms with Crippen molar-refractivity contribution >= 4 is 11.8 Å². The third-order valence-corrected chi connectivity index (χ3v) is 3.96. The number of aromatic nitrogens is 2. The second-order valence-electron chi connectivity index (χ2n) is 5.62. The van der Waals surface area contributed by atoms with Crippen LogP contribution in [0.2, 0.25) is 0 Å². The fraction of sp³-hybridized carbons (Fsp3) is 0.438. The van der Waals surface area contributed by atoms with Crippen molar-refractivity contribution in [2.45, 2.75) is 19.9 Å². The molecule has 1 aliphatic heterocycles. The Labute approximate surface area is 135 Å². The van der Waals surface area contributed by atoms with Crippen molar-refractivity contribution in [3.8, 4) is 0 Å². The maximum atomic E-state index is 12.3. The minimum absolute atomic E-state index is 0.0626. The smallest absolute Gasteiger partial charge is 0.318 e. The van der Waals surface area contributed by atoms with Gasteiger partial charge in [-0.1, -0.05) is 0 Å². The number of nitrogens with zero attached hydrogens (tertiary/aromatic N) is 4. The molecule has 0 aromatic carbocycles. The lowest BCUT2D eigenvalue weighted by Gasteiger charge is -2.35. The molecule has 0 saturated carbocycles. The van der Waals surface area contributed by atoms with Crippen molar-refractivity contribution < 1.29 is 9.21 Å². The molecule has 3 heterocycles. The highest BCUT2D eigenvalue weighted by molar-refractivity contribution is 5.75. The minimum atomic E-state index is -0.139. The highest BCUT2D eigenvalue weighted by Gasteiger charge is 2.23. The molecule has 2 aromatic rings. The van der Waals surface area contributed by atoms with Crippen LogP contribution in [0, 0.1) is 6.92 Å². The third kappa shape index (κ3) is 3.61. The Bertz CT molecular complexity index is 650. The van der Waals surface area contributed by atoms with Gasteiger partial charge in [-0.2, -0.15) is 0 Å². The van der Waals surface area contributed by atoms with Crippen LogP contribution in [-0.4, -0.2) is 47.1 Å². The van der Waals surface area contributed by atoms with Gasteiger partial charge in [0.15, 0.2) is 0 Å². The van der Waals surface area contributed by atoms with Crippen LogP contribution in [0.1, 0.15) is 24.6 Å². The Morgan fingerprint density at radius 2 is 2.09 bits per heavy atom.